The molecule has 1 heterocycles. The summed E-state index contributed by atoms with van der Waals surface area (Å²) in [5.74, 6) is 1.45. The van der Waals surface area contributed by atoms with Gasteiger partial charge in [0.05, 0.1) is 25.4 Å². The molecule has 1 fully saturated rings. The molecule has 0 radical (unpaired) electrons. The van der Waals surface area contributed by atoms with Gasteiger partial charge in [-0.15, -0.1) is 0 Å². The first-order valence-corrected chi connectivity index (χ1v) is 9.32. The molecular formula is C19H28N4O3. The van der Waals surface area contributed by atoms with E-state index in [1.807, 2.05) is 0 Å². The number of amides is 2. The van der Waals surface area contributed by atoms with Gasteiger partial charge < -0.3 is 14.8 Å². The van der Waals surface area contributed by atoms with Crippen molar-refractivity contribution in [3.8, 4) is 11.8 Å². The van der Waals surface area contributed by atoms with Gasteiger partial charge >= 0.3 is 6.03 Å². The van der Waals surface area contributed by atoms with Gasteiger partial charge in [-0.3, -0.25) is 5.32 Å². The van der Waals surface area contributed by atoms with Crippen LogP contribution in [0.15, 0.2) is 18.3 Å². The Hall–Kier alpha value is -2.33. The molecule has 1 aromatic rings. The maximum Gasteiger partial charge on any atom is 0.320 e. The summed E-state index contributed by atoms with van der Waals surface area (Å²) in [6.45, 7) is 3.58. The van der Waals surface area contributed by atoms with E-state index in [4.69, 9.17) is 14.7 Å². The molecule has 0 aromatic carbocycles. The molecule has 0 spiro atoms. The highest BCUT2D eigenvalue weighted by atomic mass is 16.5. The minimum Gasteiger partial charge on any atom is -0.490 e. The molecule has 2 atom stereocenters. The smallest absolute Gasteiger partial charge is 0.320 e. The van der Waals surface area contributed by atoms with E-state index in [9.17, 15) is 4.79 Å². The molecule has 1 aliphatic carbocycles. The van der Waals surface area contributed by atoms with Crippen LogP contribution in [-0.4, -0.2) is 36.9 Å². The monoisotopic (exact) mass is 360 g/mol. The molecule has 142 valence electrons. The minimum absolute atomic E-state index is 0.304. The van der Waals surface area contributed by atoms with Crippen LogP contribution < -0.4 is 15.4 Å². The van der Waals surface area contributed by atoms with E-state index in [1.165, 1.54) is 19.3 Å². The Bertz CT molecular complexity index is 603. The molecule has 1 aliphatic rings. The Balaban J connectivity index is 1.69. The van der Waals surface area contributed by atoms with Gasteiger partial charge in [0.2, 0.25) is 0 Å². The van der Waals surface area contributed by atoms with Gasteiger partial charge in [0.25, 0.3) is 0 Å². The molecule has 0 saturated heterocycles. The molecule has 7 heteroatoms. The summed E-state index contributed by atoms with van der Waals surface area (Å²) in [6, 6.07) is 5.20. The van der Waals surface area contributed by atoms with Crippen molar-refractivity contribution in [1.29, 1.82) is 5.26 Å². The molecule has 0 unspecified atom stereocenters. The van der Waals surface area contributed by atoms with Crippen LogP contribution in [0, 0.1) is 17.2 Å². The highest BCUT2D eigenvalue weighted by Gasteiger charge is 2.21. The number of hydrogen-bond acceptors (Lipinski definition) is 5. The van der Waals surface area contributed by atoms with Crippen LogP contribution in [0.3, 0.4) is 0 Å². The first kappa shape index (κ1) is 20.0. The number of unbranched alkanes of at least 4 members (excludes halogenated alkanes) is 1. The Morgan fingerprint density at radius 3 is 3.04 bits per heavy atom. The Kier molecular flexibility index (Phi) is 8.70. The molecular weight excluding hydrogens is 332 g/mol. The average molecular weight is 360 g/mol. The minimum atomic E-state index is -0.342. The van der Waals surface area contributed by atoms with Crippen LogP contribution >= 0.6 is 0 Å². The fourth-order valence-electron chi connectivity index (χ4n) is 2.99. The summed E-state index contributed by atoms with van der Waals surface area (Å²) in [4.78, 5) is 16.2. The molecule has 1 saturated carbocycles. The van der Waals surface area contributed by atoms with E-state index in [2.05, 4.69) is 28.6 Å². The largest absolute Gasteiger partial charge is 0.490 e. The number of nitrogens with one attached hydrogen (secondary N) is 2. The van der Waals surface area contributed by atoms with E-state index >= 15 is 0 Å². The highest BCUT2D eigenvalue weighted by molar-refractivity contribution is 5.89. The molecule has 1 aromatic heterocycles. The van der Waals surface area contributed by atoms with Crippen molar-refractivity contribution >= 4 is 11.8 Å². The van der Waals surface area contributed by atoms with Crippen LogP contribution in [0.1, 0.15) is 45.4 Å². The zero-order valence-corrected chi connectivity index (χ0v) is 15.4. The van der Waals surface area contributed by atoms with Gasteiger partial charge in [0, 0.05) is 19.2 Å². The van der Waals surface area contributed by atoms with Crippen LogP contribution in [0.5, 0.6) is 5.75 Å². The van der Waals surface area contributed by atoms with Gasteiger partial charge in [0.15, 0.2) is 11.6 Å². The molecule has 26 heavy (non-hydrogen) atoms. The maximum atomic E-state index is 12.0. The number of ether oxygens (including phenoxy) is 2. The summed E-state index contributed by atoms with van der Waals surface area (Å²) < 4.78 is 11.5. The number of nitriles is 1. The normalized spacial score (nSPS) is 19.4. The molecule has 7 nitrogen and oxygen atoms in total. The van der Waals surface area contributed by atoms with Crippen LogP contribution in [0.4, 0.5) is 10.6 Å². The molecule has 0 aliphatic heterocycles. The molecule has 2 amide bonds. The number of pyridine rings is 1. The first-order valence-electron chi connectivity index (χ1n) is 9.32. The van der Waals surface area contributed by atoms with Gasteiger partial charge in [-0.1, -0.05) is 19.8 Å². The van der Waals surface area contributed by atoms with Crippen molar-refractivity contribution in [3.05, 3.63) is 18.3 Å². The van der Waals surface area contributed by atoms with Crippen molar-refractivity contribution in [1.82, 2.24) is 10.3 Å². The fraction of sp³-hybridized carbons (Fsp3) is 0.632. The predicted molar refractivity (Wildman–Crippen MR) is 99.0 cm³/mol. The highest BCUT2D eigenvalue weighted by Crippen LogP contribution is 2.26. The number of carbonyl (C=O) groups is 1. The lowest BCUT2D eigenvalue weighted by molar-refractivity contribution is -0.00232. The van der Waals surface area contributed by atoms with Gasteiger partial charge in [0.1, 0.15) is 0 Å². The zero-order valence-electron chi connectivity index (χ0n) is 15.4. The van der Waals surface area contributed by atoms with Crippen molar-refractivity contribution in [3.63, 3.8) is 0 Å². The van der Waals surface area contributed by atoms with Crippen LogP contribution in [0.25, 0.3) is 0 Å². The van der Waals surface area contributed by atoms with E-state index in [0.29, 0.717) is 56.2 Å². The topological polar surface area (TPSA) is 96.3 Å². The standard InChI is InChI=1S/C19H28N4O3/c1-15-7-2-3-8-16(15)26-14-12-22-19(24)23-18-17(9-6-11-21-18)25-13-5-4-10-20/h6,9,11,15-16H,2-5,7-8,12-14H2,1H3,(H2,21,22,23,24)/t15-,16+/m1/s1. The van der Waals surface area contributed by atoms with Crippen molar-refractivity contribution in [2.75, 3.05) is 25.1 Å². The van der Waals surface area contributed by atoms with Crippen molar-refractivity contribution in [2.45, 2.75) is 51.6 Å². The summed E-state index contributed by atoms with van der Waals surface area (Å²) in [6.07, 6.45) is 7.79. The SMILES string of the molecule is C[C@@H]1CCCC[C@@H]1OCCNC(=O)Nc1ncccc1OCCCC#N. The number of hydrogen-bond donors (Lipinski definition) is 2. The van der Waals surface area contributed by atoms with Gasteiger partial charge in [-0.05, 0) is 37.3 Å². The van der Waals surface area contributed by atoms with Crippen LogP contribution in [0.2, 0.25) is 0 Å². The third-order valence-corrected chi connectivity index (χ3v) is 4.45. The molecule has 0 bridgehead atoms. The summed E-state index contributed by atoms with van der Waals surface area (Å²) >= 11 is 0. The lowest BCUT2D eigenvalue weighted by Crippen LogP contribution is -2.34. The number of carbonyl (C=O) groups excluding carboxylic acids is 1. The number of aromatic nitrogens is 1. The Labute approximate surface area is 155 Å². The Morgan fingerprint density at radius 1 is 1.38 bits per heavy atom. The zero-order chi connectivity index (χ0) is 18.6. The van der Waals surface area contributed by atoms with Gasteiger partial charge in [-0.25, -0.2) is 9.78 Å². The van der Waals surface area contributed by atoms with Gasteiger partial charge in [-0.2, -0.15) is 5.26 Å². The van der Waals surface area contributed by atoms with E-state index < -0.39 is 0 Å². The lowest BCUT2D eigenvalue weighted by atomic mass is 9.88. The first-order chi connectivity index (χ1) is 12.7. The fourth-order valence-corrected chi connectivity index (χ4v) is 2.99. The molecule has 2 rings (SSSR count). The van der Waals surface area contributed by atoms with Crippen LogP contribution in [-0.2, 0) is 4.74 Å². The number of urea groups is 1. The number of rotatable bonds is 9. The second-order valence-corrected chi connectivity index (χ2v) is 6.51. The van der Waals surface area contributed by atoms with E-state index in [-0.39, 0.29) is 6.03 Å². The summed E-state index contributed by atoms with van der Waals surface area (Å²) in [5, 5.41) is 14.0. The quantitative estimate of drug-likeness (QED) is 0.657. The second kappa shape index (κ2) is 11.3. The summed E-state index contributed by atoms with van der Waals surface area (Å²) in [5.41, 5.74) is 0. The average Bonchev–Trinajstić information content (AvgIpc) is 2.65. The lowest BCUT2D eigenvalue weighted by Gasteiger charge is -2.28. The number of anilines is 1. The predicted octanol–water partition coefficient (Wildman–Crippen LogP) is 3.48. The van der Waals surface area contributed by atoms with E-state index in [0.717, 1.165) is 6.42 Å². The Morgan fingerprint density at radius 2 is 2.23 bits per heavy atom. The maximum absolute atomic E-state index is 12.0. The van der Waals surface area contributed by atoms with E-state index in [1.54, 1.807) is 18.3 Å². The third kappa shape index (κ3) is 6.89. The second-order valence-electron chi connectivity index (χ2n) is 6.51. The van der Waals surface area contributed by atoms with Crippen molar-refractivity contribution < 1.29 is 14.3 Å². The third-order valence-electron chi connectivity index (χ3n) is 4.45. The molecule has 2 N–H and O–H groups in total. The summed E-state index contributed by atoms with van der Waals surface area (Å²) in [7, 11) is 0. The van der Waals surface area contributed by atoms with Crippen molar-refractivity contribution in [2.24, 2.45) is 5.92 Å². The number of nitrogens with zero attached hydrogens (tertiary/aromatic N) is 2.